The zero-order valence-corrected chi connectivity index (χ0v) is 13.0. The van der Waals surface area contributed by atoms with Gasteiger partial charge in [-0.1, -0.05) is 18.2 Å². The minimum absolute atomic E-state index is 0.0330. The molecule has 120 valence electrons. The molecule has 6 heteroatoms. The van der Waals surface area contributed by atoms with E-state index in [-0.39, 0.29) is 24.8 Å². The van der Waals surface area contributed by atoms with Crippen LogP contribution in [0.3, 0.4) is 0 Å². The van der Waals surface area contributed by atoms with Gasteiger partial charge in [0.1, 0.15) is 5.75 Å². The Morgan fingerprint density at radius 3 is 2.77 bits per heavy atom. The number of morpholine rings is 1. The van der Waals surface area contributed by atoms with E-state index in [2.05, 4.69) is 5.32 Å². The van der Waals surface area contributed by atoms with Crippen LogP contribution in [-0.2, 0) is 14.3 Å². The maximum absolute atomic E-state index is 12.2. The summed E-state index contributed by atoms with van der Waals surface area (Å²) in [5.74, 6) is 0.493. The van der Waals surface area contributed by atoms with E-state index in [1.165, 1.54) is 0 Å². The molecule has 0 unspecified atom stereocenters. The predicted octanol–water partition coefficient (Wildman–Crippen LogP) is 0.819. The Balaban J connectivity index is 1.83. The molecule has 1 N–H and O–H groups in total. The Kier molecular flexibility index (Phi) is 5.38. The molecular formula is C16H22N2O4. The fourth-order valence-electron chi connectivity index (χ4n) is 2.42. The summed E-state index contributed by atoms with van der Waals surface area (Å²) < 4.78 is 11.1. The number of hydrogen-bond acceptors (Lipinski definition) is 4. The fourth-order valence-corrected chi connectivity index (χ4v) is 2.42. The van der Waals surface area contributed by atoms with Gasteiger partial charge in [-0.25, -0.2) is 0 Å². The second kappa shape index (κ2) is 7.26. The van der Waals surface area contributed by atoms with Crippen LogP contribution >= 0.6 is 0 Å². The summed E-state index contributed by atoms with van der Waals surface area (Å²) in [5.41, 5.74) is -0.983. The second-order valence-corrected chi connectivity index (χ2v) is 5.39. The first kappa shape index (κ1) is 16.3. The lowest BCUT2D eigenvalue weighted by Crippen LogP contribution is -2.58. The summed E-state index contributed by atoms with van der Waals surface area (Å²) in [4.78, 5) is 25.8. The average molecular weight is 306 g/mol. The van der Waals surface area contributed by atoms with Crippen molar-refractivity contribution in [3.63, 3.8) is 0 Å². The molecule has 1 aliphatic rings. The third-order valence-corrected chi connectivity index (χ3v) is 3.66. The molecule has 22 heavy (non-hydrogen) atoms. The van der Waals surface area contributed by atoms with Gasteiger partial charge in [0.25, 0.3) is 5.91 Å². The third kappa shape index (κ3) is 3.98. The number of rotatable bonds is 5. The molecule has 1 saturated heterocycles. The quantitative estimate of drug-likeness (QED) is 0.874. The molecule has 1 aromatic rings. The van der Waals surface area contributed by atoms with Crippen LogP contribution in [0.2, 0.25) is 0 Å². The normalized spacial score (nSPS) is 21.3. The number of hydrogen-bond donors (Lipinski definition) is 1. The molecule has 1 fully saturated rings. The summed E-state index contributed by atoms with van der Waals surface area (Å²) in [6, 6.07) is 9.37. The van der Waals surface area contributed by atoms with Crippen LogP contribution in [0.1, 0.15) is 13.3 Å². The van der Waals surface area contributed by atoms with Crippen molar-refractivity contribution in [1.29, 1.82) is 0 Å². The second-order valence-electron chi connectivity index (χ2n) is 5.39. The number of carbonyl (C=O) groups is 2. The van der Waals surface area contributed by atoms with Crippen molar-refractivity contribution < 1.29 is 19.1 Å². The number of amides is 2. The number of likely N-dealkylation sites (N-methyl/N-ethyl adjacent to an activating group) is 1. The van der Waals surface area contributed by atoms with Gasteiger partial charge in [-0.15, -0.1) is 0 Å². The van der Waals surface area contributed by atoms with Gasteiger partial charge in [0.2, 0.25) is 5.91 Å². The summed E-state index contributed by atoms with van der Waals surface area (Å²) in [6.45, 7) is 3.13. The van der Waals surface area contributed by atoms with E-state index in [1.807, 2.05) is 30.3 Å². The molecule has 0 aromatic heterocycles. The average Bonchev–Trinajstić information content (AvgIpc) is 2.55. The van der Waals surface area contributed by atoms with E-state index in [1.54, 1.807) is 18.9 Å². The Labute approximate surface area is 130 Å². The third-order valence-electron chi connectivity index (χ3n) is 3.66. The van der Waals surface area contributed by atoms with Crippen molar-refractivity contribution in [2.75, 3.05) is 33.4 Å². The van der Waals surface area contributed by atoms with E-state index in [0.717, 1.165) is 5.75 Å². The van der Waals surface area contributed by atoms with Crippen LogP contribution in [0.5, 0.6) is 5.75 Å². The SMILES string of the molecule is CNC(=O)[C@@]1(C)CN(C(=O)CCOc2ccccc2)CCO1. The van der Waals surface area contributed by atoms with Crippen molar-refractivity contribution >= 4 is 11.8 Å². The largest absolute Gasteiger partial charge is 0.493 e. The Bertz CT molecular complexity index is 520. The van der Waals surface area contributed by atoms with Gasteiger partial charge in [0.15, 0.2) is 5.60 Å². The monoisotopic (exact) mass is 306 g/mol. The van der Waals surface area contributed by atoms with E-state index in [0.29, 0.717) is 19.8 Å². The van der Waals surface area contributed by atoms with Gasteiger partial charge in [-0.3, -0.25) is 9.59 Å². The zero-order valence-electron chi connectivity index (χ0n) is 13.0. The molecule has 0 aliphatic carbocycles. The molecule has 2 amide bonds. The van der Waals surface area contributed by atoms with E-state index >= 15 is 0 Å². The van der Waals surface area contributed by atoms with Gasteiger partial charge in [0.05, 0.1) is 26.2 Å². The first-order valence-electron chi connectivity index (χ1n) is 7.37. The Morgan fingerprint density at radius 1 is 1.36 bits per heavy atom. The molecule has 0 saturated carbocycles. The van der Waals surface area contributed by atoms with Crippen molar-refractivity contribution in [2.24, 2.45) is 0 Å². The van der Waals surface area contributed by atoms with Gasteiger partial charge in [0, 0.05) is 13.6 Å². The van der Waals surface area contributed by atoms with E-state index in [4.69, 9.17) is 9.47 Å². The number of carbonyl (C=O) groups excluding carboxylic acids is 2. The highest BCUT2D eigenvalue weighted by Crippen LogP contribution is 2.18. The van der Waals surface area contributed by atoms with Gasteiger partial charge >= 0.3 is 0 Å². The number of nitrogens with zero attached hydrogens (tertiary/aromatic N) is 1. The lowest BCUT2D eigenvalue weighted by atomic mass is 10.0. The first-order chi connectivity index (χ1) is 10.5. The highest BCUT2D eigenvalue weighted by Gasteiger charge is 2.39. The Morgan fingerprint density at radius 2 is 2.09 bits per heavy atom. The van der Waals surface area contributed by atoms with Gasteiger partial charge in [-0.05, 0) is 19.1 Å². The summed E-state index contributed by atoms with van der Waals surface area (Å²) >= 11 is 0. The van der Waals surface area contributed by atoms with Crippen molar-refractivity contribution in [2.45, 2.75) is 18.9 Å². The van der Waals surface area contributed by atoms with E-state index in [9.17, 15) is 9.59 Å². The van der Waals surface area contributed by atoms with Gasteiger partial charge in [-0.2, -0.15) is 0 Å². The van der Waals surface area contributed by atoms with Crippen LogP contribution in [0.25, 0.3) is 0 Å². The molecule has 6 nitrogen and oxygen atoms in total. The van der Waals surface area contributed by atoms with Crippen molar-refractivity contribution in [3.05, 3.63) is 30.3 Å². The summed E-state index contributed by atoms with van der Waals surface area (Å²) in [5, 5.41) is 2.57. The van der Waals surface area contributed by atoms with E-state index < -0.39 is 5.60 Å². The minimum Gasteiger partial charge on any atom is -0.493 e. The molecular weight excluding hydrogens is 284 g/mol. The van der Waals surface area contributed by atoms with Crippen LogP contribution < -0.4 is 10.1 Å². The molecule has 1 aliphatic heterocycles. The van der Waals surface area contributed by atoms with Crippen molar-refractivity contribution in [1.82, 2.24) is 10.2 Å². The number of benzene rings is 1. The zero-order chi connectivity index (χ0) is 16.0. The standard InChI is InChI=1S/C16H22N2O4/c1-16(15(20)17-2)12-18(9-11-22-16)14(19)8-10-21-13-6-4-3-5-7-13/h3-7H,8-12H2,1-2H3,(H,17,20)/t16-/m1/s1. The molecule has 1 aromatic carbocycles. The van der Waals surface area contributed by atoms with Crippen LogP contribution in [0.4, 0.5) is 0 Å². The molecule has 1 heterocycles. The van der Waals surface area contributed by atoms with Crippen LogP contribution in [-0.4, -0.2) is 55.7 Å². The maximum Gasteiger partial charge on any atom is 0.253 e. The highest BCUT2D eigenvalue weighted by atomic mass is 16.5. The number of nitrogens with one attached hydrogen (secondary N) is 1. The summed E-state index contributed by atoms with van der Waals surface area (Å²) in [6.07, 6.45) is 0.277. The maximum atomic E-state index is 12.2. The molecule has 2 rings (SSSR count). The predicted molar refractivity (Wildman–Crippen MR) is 81.6 cm³/mol. The van der Waals surface area contributed by atoms with Crippen molar-refractivity contribution in [3.8, 4) is 5.75 Å². The van der Waals surface area contributed by atoms with Crippen LogP contribution in [0, 0.1) is 0 Å². The number of ether oxygens (including phenoxy) is 2. The minimum atomic E-state index is -0.983. The summed E-state index contributed by atoms with van der Waals surface area (Å²) in [7, 11) is 1.56. The number of para-hydroxylation sites is 1. The Hall–Kier alpha value is -2.08. The highest BCUT2D eigenvalue weighted by molar-refractivity contribution is 5.86. The lowest BCUT2D eigenvalue weighted by Gasteiger charge is -2.39. The molecule has 0 spiro atoms. The lowest BCUT2D eigenvalue weighted by molar-refractivity contribution is -0.162. The van der Waals surface area contributed by atoms with Gasteiger partial charge < -0.3 is 19.7 Å². The first-order valence-corrected chi connectivity index (χ1v) is 7.37. The molecule has 0 radical (unpaired) electrons. The molecule has 0 bridgehead atoms. The van der Waals surface area contributed by atoms with Crippen LogP contribution in [0.15, 0.2) is 30.3 Å². The molecule has 1 atom stereocenters. The smallest absolute Gasteiger partial charge is 0.253 e. The topological polar surface area (TPSA) is 67.9 Å². The fraction of sp³-hybridized carbons (Fsp3) is 0.500.